The Morgan fingerprint density at radius 2 is 2.16 bits per heavy atom. The third-order valence-corrected chi connectivity index (χ3v) is 4.92. The van der Waals surface area contributed by atoms with Crippen LogP contribution in [0.3, 0.4) is 0 Å². The minimum atomic E-state index is -0.0883. The number of fused-ring (bicyclic) bond motifs is 3. The second-order valence-corrected chi connectivity index (χ2v) is 6.50. The first-order valence-corrected chi connectivity index (χ1v) is 8.78. The molecule has 0 unspecified atom stereocenters. The summed E-state index contributed by atoms with van der Waals surface area (Å²) in [6.07, 6.45) is 7.91. The standard InChI is InChI=1S/C19H22N4O2/c24-11-10-23(12-17-20-8-9-21-17)19(25)15-6-3-5-14-13-4-1-2-7-16(13)22-18(14)15/h3,5-6,8-9,22,24H,1-2,4,7,10-12H2,(H,20,21). The van der Waals surface area contributed by atoms with Gasteiger partial charge >= 0.3 is 0 Å². The molecular weight excluding hydrogens is 316 g/mol. The molecule has 3 aromatic rings. The van der Waals surface area contributed by atoms with E-state index in [0.29, 0.717) is 17.9 Å². The molecule has 0 aliphatic heterocycles. The Morgan fingerprint density at radius 1 is 1.28 bits per heavy atom. The van der Waals surface area contributed by atoms with Gasteiger partial charge in [0.2, 0.25) is 0 Å². The third kappa shape index (κ3) is 2.93. The lowest BCUT2D eigenvalue weighted by Gasteiger charge is -2.21. The Hall–Kier alpha value is -2.60. The lowest BCUT2D eigenvalue weighted by atomic mass is 9.95. The molecule has 25 heavy (non-hydrogen) atoms. The number of rotatable bonds is 5. The van der Waals surface area contributed by atoms with Gasteiger partial charge in [0, 0.05) is 30.0 Å². The van der Waals surface area contributed by atoms with Crippen LogP contribution in [-0.4, -0.2) is 44.0 Å². The minimum Gasteiger partial charge on any atom is -0.395 e. The molecule has 2 heterocycles. The smallest absolute Gasteiger partial charge is 0.256 e. The first-order chi connectivity index (χ1) is 12.3. The van der Waals surface area contributed by atoms with Gasteiger partial charge in [-0.15, -0.1) is 0 Å². The second-order valence-electron chi connectivity index (χ2n) is 6.50. The van der Waals surface area contributed by atoms with Gasteiger partial charge in [0.05, 0.1) is 24.2 Å². The zero-order valence-corrected chi connectivity index (χ0v) is 14.1. The number of carbonyl (C=O) groups excluding carboxylic acids is 1. The number of H-pyrrole nitrogens is 2. The number of para-hydroxylation sites is 1. The minimum absolute atomic E-state index is 0.0797. The SMILES string of the molecule is O=C(c1cccc2c3c([nH]c12)CCCC3)N(CCO)Cc1ncc[nH]1. The van der Waals surface area contributed by atoms with Crippen molar-refractivity contribution in [2.24, 2.45) is 0 Å². The number of aliphatic hydroxyl groups excluding tert-OH is 1. The van der Waals surface area contributed by atoms with Crippen molar-refractivity contribution in [1.82, 2.24) is 19.9 Å². The van der Waals surface area contributed by atoms with Crippen molar-refractivity contribution in [3.8, 4) is 0 Å². The van der Waals surface area contributed by atoms with Gasteiger partial charge in [-0.05, 0) is 37.3 Å². The number of nitrogens with zero attached hydrogens (tertiary/aromatic N) is 2. The maximum atomic E-state index is 13.1. The van der Waals surface area contributed by atoms with E-state index < -0.39 is 0 Å². The molecule has 0 saturated carbocycles. The van der Waals surface area contributed by atoms with E-state index in [1.54, 1.807) is 17.3 Å². The van der Waals surface area contributed by atoms with E-state index in [9.17, 15) is 9.90 Å². The highest BCUT2D eigenvalue weighted by atomic mass is 16.3. The summed E-state index contributed by atoms with van der Waals surface area (Å²) < 4.78 is 0. The van der Waals surface area contributed by atoms with Crippen LogP contribution >= 0.6 is 0 Å². The maximum absolute atomic E-state index is 13.1. The van der Waals surface area contributed by atoms with Crippen molar-refractivity contribution in [1.29, 1.82) is 0 Å². The summed E-state index contributed by atoms with van der Waals surface area (Å²) in [5.41, 5.74) is 4.20. The van der Waals surface area contributed by atoms with Gasteiger partial charge in [-0.3, -0.25) is 4.79 Å². The van der Waals surface area contributed by atoms with E-state index >= 15 is 0 Å². The maximum Gasteiger partial charge on any atom is 0.256 e. The monoisotopic (exact) mass is 338 g/mol. The number of imidazole rings is 1. The fourth-order valence-corrected chi connectivity index (χ4v) is 3.72. The molecule has 0 fully saturated rings. The van der Waals surface area contributed by atoms with Crippen LogP contribution in [0, 0.1) is 0 Å². The van der Waals surface area contributed by atoms with Crippen molar-refractivity contribution in [2.45, 2.75) is 32.2 Å². The summed E-state index contributed by atoms with van der Waals surface area (Å²) in [5.74, 6) is 0.620. The van der Waals surface area contributed by atoms with Crippen LogP contribution in [0.2, 0.25) is 0 Å². The van der Waals surface area contributed by atoms with Crippen LogP contribution in [0.1, 0.15) is 40.3 Å². The van der Waals surface area contributed by atoms with E-state index in [1.165, 1.54) is 24.1 Å². The van der Waals surface area contributed by atoms with Gasteiger partial charge in [-0.2, -0.15) is 0 Å². The van der Waals surface area contributed by atoms with E-state index in [0.717, 1.165) is 23.7 Å². The molecular formula is C19H22N4O2. The Labute approximate surface area is 145 Å². The Balaban J connectivity index is 1.71. The van der Waals surface area contributed by atoms with Gasteiger partial charge in [-0.25, -0.2) is 4.98 Å². The molecule has 0 bridgehead atoms. The summed E-state index contributed by atoms with van der Waals surface area (Å²) in [6.45, 7) is 0.545. The van der Waals surface area contributed by atoms with Crippen LogP contribution in [0.5, 0.6) is 0 Å². The molecule has 0 atom stereocenters. The fourth-order valence-electron chi connectivity index (χ4n) is 3.72. The van der Waals surface area contributed by atoms with Crippen molar-refractivity contribution in [3.63, 3.8) is 0 Å². The molecule has 0 radical (unpaired) electrons. The normalized spacial score (nSPS) is 13.8. The molecule has 2 aromatic heterocycles. The Morgan fingerprint density at radius 3 is 2.96 bits per heavy atom. The number of aromatic nitrogens is 3. The van der Waals surface area contributed by atoms with Gasteiger partial charge < -0.3 is 20.0 Å². The van der Waals surface area contributed by atoms with Gasteiger partial charge in [0.15, 0.2) is 0 Å². The van der Waals surface area contributed by atoms with Crippen LogP contribution in [0.15, 0.2) is 30.6 Å². The second kappa shape index (κ2) is 6.72. The highest BCUT2D eigenvalue weighted by Gasteiger charge is 2.22. The predicted molar refractivity (Wildman–Crippen MR) is 95.4 cm³/mol. The number of aryl methyl sites for hydroxylation is 2. The number of aromatic amines is 2. The number of nitrogens with one attached hydrogen (secondary N) is 2. The molecule has 3 N–H and O–H groups in total. The molecule has 130 valence electrons. The van der Waals surface area contributed by atoms with Gasteiger partial charge in [0.1, 0.15) is 5.82 Å². The van der Waals surface area contributed by atoms with E-state index in [-0.39, 0.29) is 19.1 Å². The molecule has 1 aliphatic rings. The highest BCUT2D eigenvalue weighted by molar-refractivity contribution is 6.06. The van der Waals surface area contributed by atoms with E-state index in [4.69, 9.17) is 0 Å². The zero-order valence-electron chi connectivity index (χ0n) is 14.1. The number of hydrogen-bond donors (Lipinski definition) is 3. The van der Waals surface area contributed by atoms with Gasteiger partial charge in [-0.1, -0.05) is 12.1 Å². The first kappa shape index (κ1) is 15.9. The Bertz CT molecular complexity index is 882. The van der Waals surface area contributed by atoms with Crippen molar-refractivity contribution >= 4 is 16.8 Å². The third-order valence-electron chi connectivity index (χ3n) is 4.92. The number of hydrogen-bond acceptors (Lipinski definition) is 3. The molecule has 1 amide bonds. The summed E-state index contributed by atoms with van der Waals surface area (Å²) in [5, 5.41) is 10.5. The highest BCUT2D eigenvalue weighted by Crippen LogP contribution is 2.31. The van der Waals surface area contributed by atoms with E-state index in [1.807, 2.05) is 12.1 Å². The average Bonchev–Trinajstić information content (AvgIpc) is 3.27. The average molecular weight is 338 g/mol. The fraction of sp³-hybridized carbons (Fsp3) is 0.368. The summed E-state index contributed by atoms with van der Waals surface area (Å²) >= 11 is 0. The zero-order chi connectivity index (χ0) is 17.2. The lowest BCUT2D eigenvalue weighted by Crippen LogP contribution is -2.33. The number of carbonyl (C=O) groups is 1. The van der Waals surface area contributed by atoms with Crippen LogP contribution in [0.4, 0.5) is 0 Å². The molecule has 6 heteroatoms. The number of benzene rings is 1. The number of aliphatic hydroxyl groups is 1. The topological polar surface area (TPSA) is 85.0 Å². The van der Waals surface area contributed by atoms with Gasteiger partial charge in [0.25, 0.3) is 5.91 Å². The first-order valence-electron chi connectivity index (χ1n) is 8.78. The summed E-state index contributed by atoms with van der Waals surface area (Å²) in [4.78, 5) is 25.5. The molecule has 1 aromatic carbocycles. The largest absolute Gasteiger partial charge is 0.395 e. The lowest BCUT2D eigenvalue weighted by molar-refractivity contribution is 0.0705. The summed E-state index contributed by atoms with van der Waals surface area (Å²) in [6, 6.07) is 5.90. The quantitative estimate of drug-likeness (QED) is 0.668. The van der Waals surface area contributed by atoms with Crippen LogP contribution in [0.25, 0.3) is 10.9 Å². The molecule has 1 aliphatic carbocycles. The summed E-state index contributed by atoms with van der Waals surface area (Å²) in [7, 11) is 0. The van der Waals surface area contributed by atoms with E-state index in [2.05, 4.69) is 21.0 Å². The molecule has 0 spiro atoms. The number of amides is 1. The molecule has 0 saturated heterocycles. The van der Waals surface area contributed by atoms with Crippen molar-refractivity contribution in [3.05, 3.63) is 53.2 Å². The predicted octanol–water partition coefficient (Wildman–Crippen LogP) is 2.40. The molecule has 6 nitrogen and oxygen atoms in total. The van der Waals surface area contributed by atoms with Crippen molar-refractivity contribution in [2.75, 3.05) is 13.2 Å². The molecule has 4 rings (SSSR count). The van der Waals surface area contributed by atoms with Crippen LogP contribution < -0.4 is 0 Å². The Kier molecular flexibility index (Phi) is 4.28. The van der Waals surface area contributed by atoms with Crippen LogP contribution in [-0.2, 0) is 19.4 Å². The van der Waals surface area contributed by atoms with Crippen molar-refractivity contribution < 1.29 is 9.90 Å².